The summed E-state index contributed by atoms with van der Waals surface area (Å²) >= 11 is 3.97. The number of amides is 5. The second-order valence-electron chi connectivity index (χ2n) is 17.9. The van der Waals surface area contributed by atoms with Gasteiger partial charge in [0.05, 0.1) is 24.3 Å². The summed E-state index contributed by atoms with van der Waals surface area (Å²) < 4.78 is 0. The van der Waals surface area contributed by atoms with Crippen molar-refractivity contribution in [3.05, 3.63) is 100.0 Å². The number of hydrogen-bond acceptors (Lipinski definition) is 12. The van der Waals surface area contributed by atoms with Gasteiger partial charge in [0.2, 0.25) is 5.91 Å². The lowest BCUT2D eigenvalue weighted by molar-refractivity contribution is -0.199. The minimum atomic E-state index is -0.566. The van der Waals surface area contributed by atoms with Crippen molar-refractivity contribution in [3.63, 3.8) is 0 Å². The predicted molar refractivity (Wildman–Crippen MR) is 281 cm³/mol. The van der Waals surface area contributed by atoms with Gasteiger partial charge in [0.25, 0.3) is 23.6 Å². The van der Waals surface area contributed by atoms with Crippen LogP contribution >= 0.6 is 12.6 Å². The molecule has 0 atom stereocenters. The molecule has 0 unspecified atom stereocenters. The summed E-state index contributed by atoms with van der Waals surface area (Å²) in [6.07, 6.45) is 3.01. The van der Waals surface area contributed by atoms with E-state index in [0.29, 0.717) is 28.8 Å². The van der Waals surface area contributed by atoms with Crippen LogP contribution in [0, 0.1) is 29.6 Å². The van der Waals surface area contributed by atoms with E-state index in [9.17, 15) is 28.8 Å². The third kappa shape index (κ3) is 31.8. The normalized spacial score (nSPS) is 12.8. The number of carbonyl (C=O) groups excluding carboxylic acids is 6. The molecular weight excluding hydrogens is 897 g/mol. The number of nitrogens with zero attached hydrogens (tertiary/aromatic N) is 6. The van der Waals surface area contributed by atoms with Crippen molar-refractivity contribution in [1.29, 1.82) is 0 Å². The molecule has 69 heavy (non-hydrogen) atoms. The van der Waals surface area contributed by atoms with E-state index in [0.717, 1.165) is 22.4 Å². The van der Waals surface area contributed by atoms with Crippen LogP contribution in [0.2, 0.25) is 0 Å². The van der Waals surface area contributed by atoms with Crippen LogP contribution in [0.5, 0.6) is 0 Å². The maximum atomic E-state index is 12.6. The van der Waals surface area contributed by atoms with Gasteiger partial charge in [-0.25, -0.2) is 10.7 Å². The van der Waals surface area contributed by atoms with E-state index in [1.54, 1.807) is 13.8 Å². The van der Waals surface area contributed by atoms with Gasteiger partial charge in [0, 0.05) is 59.0 Å². The number of hydroxylamine groups is 2. The first kappa shape index (κ1) is 67.5. The van der Waals surface area contributed by atoms with E-state index >= 15 is 0 Å². The number of imide groups is 2. The molecule has 0 radical (unpaired) electrons. The van der Waals surface area contributed by atoms with Gasteiger partial charge < -0.3 is 20.3 Å². The Balaban J connectivity index is -0.000000788. The quantitative estimate of drug-likeness (QED) is 0.0347. The van der Waals surface area contributed by atoms with Crippen LogP contribution in [-0.4, -0.2) is 74.9 Å². The predicted octanol–water partition coefficient (Wildman–Crippen LogP) is 10.0. The van der Waals surface area contributed by atoms with Gasteiger partial charge in [-0.15, -0.1) is 5.06 Å². The lowest BCUT2D eigenvalue weighted by atomic mass is 10.0. The molecular formula is C52H82N8O8S. The van der Waals surface area contributed by atoms with Gasteiger partial charge in [-0.3, -0.25) is 28.9 Å². The first-order valence-electron chi connectivity index (χ1n) is 23.1. The number of anilines is 1. The number of fused-ring (bicyclic) bond motifs is 2. The largest absolute Gasteiger partial charge is 0.335 e. The van der Waals surface area contributed by atoms with Crippen molar-refractivity contribution in [2.75, 3.05) is 4.90 Å². The third-order valence-corrected chi connectivity index (χ3v) is 8.19. The Morgan fingerprint density at radius 2 is 1.16 bits per heavy atom. The Kier molecular flexibility index (Phi) is 36.4. The van der Waals surface area contributed by atoms with Crippen LogP contribution in [0.15, 0.2) is 77.9 Å². The summed E-state index contributed by atoms with van der Waals surface area (Å²) in [5.74, 6) is 9.61. The summed E-state index contributed by atoms with van der Waals surface area (Å²) in [5, 5.41) is 4.39. The van der Waals surface area contributed by atoms with E-state index < -0.39 is 17.8 Å². The molecule has 2 aromatic carbocycles. The summed E-state index contributed by atoms with van der Waals surface area (Å²) in [6.45, 7) is 36.8. The fraction of sp³-hybridized carbons (Fsp3) is 0.538. The number of nitrogens with two attached hydrogens (primary N) is 2. The van der Waals surface area contributed by atoms with Crippen LogP contribution in [0.4, 0.5) is 5.69 Å². The minimum Gasteiger partial charge on any atom is -0.330 e. The molecule has 0 aromatic heterocycles. The van der Waals surface area contributed by atoms with Crippen molar-refractivity contribution in [2.45, 2.75) is 167 Å². The number of allylic oxidation sites excluding steroid dienone is 1. The van der Waals surface area contributed by atoms with Crippen molar-refractivity contribution >= 4 is 53.8 Å². The molecule has 5 amide bonds. The number of rotatable bonds is 7. The fourth-order valence-electron chi connectivity index (χ4n) is 4.37. The highest BCUT2D eigenvalue weighted by molar-refractivity contribution is 7.80. The smallest absolute Gasteiger partial charge is 0.330 e. The molecule has 5 rings (SSSR count). The molecule has 3 aliphatic heterocycles. The molecule has 2 aromatic rings. The van der Waals surface area contributed by atoms with E-state index in [2.05, 4.69) is 70.5 Å². The van der Waals surface area contributed by atoms with Gasteiger partial charge in [-0.1, -0.05) is 143 Å². The van der Waals surface area contributed by atoms with E-state index in [1.165, 1.54) is 22.6 Å². The molecule has 1 saturated heterocycles. The summed E-state index contributed by atoms with van der Waals surface area (Å²) in [6, 6.07) is 16.3. The molecule has 0 spiro atoms. The van der Waals surface area contributed by atoms with E-state index in [4.69, 9.17) is 11.3 Å². The highest BCUT2D eigenvalue weighted by Crippen LogP contribution is 2.26. The molecule has 17 heteroatoms. The lowest BCUT2D eigenvalue weighted by Crippen LogP contribution is -2.36. The van der Waals surface area contributed by atoms with Crippen LogP contribution in [0.3, 0.4) is 0 Å². The fourth-order valence-corrected chi connectivity index (χ4v) is 4.37. The Bertz CT molecular complexity index is 2010. The molecule has 0 saturated carbocycles. The van der Waals surface area contributed by atoms with Crippen LogP contribution < -0.4 is 16.5 Å². The van der Waals surface area contributed by atoms with E-state index in [1.807, 2.05) is 143 Å². The topological polar surface area (TPSA) is 231 Å². The van der Waals surface area contributed by atoms with Crippen molar-refractivity contribution in [1.82, 2.24) is 9.96 Å². The van der Waals surface area contributed by atoms with Gasteiger partial charge in [0.15, 0.2) is 0 Å². The Morgan fingerprint density at radius 3 is 1.49 bits per heavy atom. The summed E-state index contributed by atoms with van der Waals surface area (Å²) in [5.41, 5.74) is 18.0. The van der Waals surface area contributed by atoms with Gasteiger partial charge in [-0.2, -0.15) is 12.6 Å². The first-order valence-corrected chi connectivity index (χ1v) is 23.6. The third-order valence-electron chi connectivity index (χ3n) is 8.19. The Hall–Kier alpha value is -5.76. The second-order valence-corrected chi connectivity index (χ2v) is 19.0. The molecule has 0 bridgehead atoms. The number of carbonyl (C=O) groups is 6. The second kappa shape index (κ2) is 37.2. The molecule has 16 nitrogen and oxygen atoms in total. The van der Waals surface area contributed by atoms with Gasteiger partial charge >= 0.3 is 5.97 Å². The van der Waals surface area contributed by atoms with Gasteiger partial charge in [0.1, 0.15) is 0 Å². The molecule has 3 aliphatic rings. The standard InChI is InChI=1S/C19H17NO.C8H11NO4.C7H9NO2.C6H12.C3H7N3.C3H9NO.C3H9N.C3H8S/c1-14(2)19(21)20-13-17-9-4-3-7-15(17)11-12-16-8-5-6-10-18(16)20;1-5(2)8(12)13-9-6(10)3-4-7(9)11;1-5(2)8-6(9)3-4-7(8)10;1-5(2)6(3)4;1-3(2)5-6-4;1-3(2)5-4;2*1-3(2)4/h3-10,14H,13H2,1-2H3;5H,3-4H2,1-2H3;3-5H,1-2H3;6H,1H2,2-4H3;3H,1-2H3;3H,4H2,1-2H3;3H,4H2,1-2H3;3-4H,1-2H3. The highest BCUT2D eigenvalue weighted by Gasteiger charge is 2.33. The number of hydrogen-bond donors (Lipinski definition) is 3. The molecule has 3 heterocycles. The Morgan fingerprint density at radius 1 is 0.754 bits per heavy atom. The first-order chi connectivity index (χ1) is 32.0. The number of para-hydroxylation sites is 1. The molecule has 0 aliphatic carbocycles. The number of azide groups is 1. The van der Waals surface area contributed by atoms with Crippen molar-refractivity contribution in [2.24, 2.45) is 34.5 Å². The average molecular weight is 979 g/mol. The maximum Gasteiger partial charge on any atom is 0.335 e. The number of thiol groups is 1. The van der Waals surface area contributed by atoms with Crippen LogP contribution in [-0.2, 0) is 45.0 Å². The highest BCUT2D eigenvalue weighted by atomic mass is 32.1. The van der Waals surface area contributed by atoms with Gasteiger partial charge in [-0.05, 0) is 81.1 Å². The zero-order valence-electron chi connectivity index (χ0n) is 44.3. The average Bonchev–Trinajstić information content (AvgIpc) is 3.76. The van der Waals surface area contributed by atoms with Crippen LogP contribution in [0.25, 0.3) is 10.4 Å². The maximum absolute atomic E-state index is 12.6. The zero-order valence-corrected chi connectivity index (χ0v) is 45.2. The zero-order chi connectivity index (χ0) is 54.1. The monoisotopic (exact) mass is 979 g/mol. The minimum absolute atomic E-state index is 0.0324. The molecule has 1 fully saturated rings. The van der Waals surface area contributed by atoms with E-state index in [-0.39, 0.29) is 60.6 Å². The summed E-state index contributed by atoms with van der Waals surface area (Å²) in [7, 11) is 0. The SMILES string of the molecule is C=C(C)C(C)C.CC(C)C(=O)N1Cc2ccccc2C#Cc2ccccc21.CC(C)C(=O)ON1C(=O)CCC1=O.CC(C)N.CC(C)N1C(=O)C=CC1=O.CC(C)N=[N+]=[N-].CC(C)ON.CC(C)S. The molecule has 384 valence electrons. The van der Waals surface area contributed by atoms with Crippen LogP contribution in [0.1, 0.15) is 147 Å². The van der Waals surface area contributed by atoms with Crippen molar-refractivity contribution in [3.8, 4) is 11.8 Å². The lowest BCUT2D eigenvalue weighted by Gasteiger charge is -2.27. The Labute approximate surface area is 418 Å². The molecule has 4 N–H and O–H groups in total. The number of benzene rings is 2. The van der Waals surface area contributed by atoms with Crippen molar-refractivity contribution < 1.29 is 38.4 Å². The summed E-state index contributed by atoms with van der Waals surface area (Å²) in [4.78, 5) is 81.7.